The second-order valence-electron chi connectivity index (χ2n) is 8.09. The number of aryl methyl sites for hydroxylation is 2. The van der Waals surface area contributed by atoms with Crippen molar-refractivity contribution in [2.75, 3.05) is 0 Å². The van der Waals surface area contributed by atoms with E-state index < -0.39 is 11.2 Å². The maximum atomic E-state index is 13.4. The normalized spacial score (nSPS) is 11.5. The zero-order chi connectivity index (χ0) is 23.3. The molecule has 33 heavy (non-hydrogen) atoms. The molecule has 0 saturated heterocycles. The molecule has 0 N–H and O–H groups in total. The number of Topliss-reactive ketones (excluding diaryl/α,β-unsaturated/α-hetero) is 1. The fourth-order valence-electron chi connectivity index (χ4n) is 4.34. The van der Waals surface area contributed by atoms with Crippen LogP contribution in [-0.4, -0.2) is 28.9 Å². The number of carbonyl (C=O) groups excluding carboxylic acids is 1. The van der Waals surface area contributed by atoms with Gasteiger partial charge in [-0.2, -0.15) is 4.98 Å². The molecule has 0 unspecified atom stereocenters. The van der Waals surface area contributed by atoms with Crippen molar-refractivity contribution in [3.05, 3.63) is 87.2 Å². The monoisotopic (exact) mass is 441 g/mol. The molecule has 166 valence electrons. The van der Waals surface area contributed by atoms with Crippen molar-refractivity contribution < 1.29 is 4.79 Å². The number of para-hydroxylation sites is 1. The molecule has 0 aliphatic carbocycles. The third-order valence-electron chi connectivity index (χ3n) is 5.91. The lowest BCUT2D eigenvalue weighted by Crippen LogP contribution is -2.40. The van der Waals surface area contributed by atoms with Gasteiger partial charge in [0.1, 0.15) is 5.78 Å². The van der Waals surface area contributed by atoms with Crippen molar-refractivity contribution in [1.29, 1.82) is 0 Å². The average molecular weight is 441 g/mol. The molecule has 0 fully saturated rings. The van der Waals surface area contributed by atoms with Crippen molar-refractivity contribution >= 4 is 22.7 Å². The van der Waals surface area contributed by atoms with Crippen LogP contribution in [0, 0.1) is 0 Å². The predicted octanol–water partition coefficient (Wildman–Crippen LogP) is 2.96. The first-order valence-corrected chi connectivity index (χ1v) is 10.8. The van der Waals surface area contributed by atoms with Gasteiger partial charge >= 0.3 is 5.69 Å². The van der Waals surface area contributed by atoms with Gasteiger partial charge in [0.25, 0.3) is 5.56 Å². The van der Waals surface area contributed by atoms with Gasteiger partial charge in [0, 0.05) is 18.8 Å². The summed E-state index contributed by atoms with van der Waals surface area (Å²) in [5.74, 6) is 0.256. The van der Waals surface area contributed by atoms with Crippen LogP contribution < -0.4 is 11.2 Å². The van der Waals surface area contributed by atoms with Crippen molar-refractivity contribution in [2.45, 2.75) is 26.8 Å². The van der Waals surface area contributed by atoms with Crippen molar-refractivity contribution in [2.24, 2.45) is 7.05 Å². The van der Waals surface area contributed by atoms with E-state index in [0.29, 0.717) is 5.78 Å². The molecule has 0 radical (unpaired) electrons. The molecule has 0 atom stereocenters. The van der Waals surface area contributed by atoms with Gasteiger partial charge in [-0.3, -0.25) is 27.7 Å². The summed E-state index contributed by atoms with van der Waals surface area (Å²) in [6.07, 6.45) is 2.69. The van der Waals surface area contributed by atoms with Crippen LogP contribution in [0.1, 0.15) is 19.4 Å². The topological polar surface area (TPSA) is 83.3 Å². The first kappa shape index (κ1) is 20.7. The summed E-state index contributed by atoms with van der Waals surface area (Å²) in [5, 5.41) is 0. The highest BCUT2D eigenvalue weighted by Gasteiger charge is 2.23. The van der Waals surface area contributed by atoms with Crippen molar-refractivity contribution in [3.8, 4) is 16.9 Å². The zero-order valence-electron chi connectivity index (χ0n) is 18.6. The van der Waals surface area contributed by atoms with Crippen LogP contribution >= 0.6 is 0 Å². The minimum absolute atomic E-state index is 0.262. The number of hydrogen-bond donors (Lipinski definition) is 0. The molecular weight excluding hydrogens is 418 g/mol. The van der Waals surface area contributed by atoms with Gasteiger partial charge in [-0.05, 0) is 25.0 Å². The number of benzene rings is 2. The van der Waals surface area contributed by atoms with E-state index in [-0.39, 0.29) is 23.5 Å². The van der Waals surface area contributed by atoms with Crippen molar-refractivity contribution in [1.82, 2.24) is 23.1 Å². The largest absolute Gasteiger partial charge is 0.332 e. The van der Waals surface area contributed by atoms with Crippen LogP contribution in [0.5, 0.6) is 0 Å². The average Bonchev–Trinajstić information content (AvgIpc) is 3.37. The van der Waals surface area contributed by atoms with Gasteiger partial charge < -0.3 is 0 Å². The number of nitrogens with zero attached hydrogens (tertiary/aromatic N) is 5. The van der Waals surface area contributed by atoms with Crippen LogP contribution in [-0.2, 0) is 24.8 Å². The summed E-state index contributed by atoms with van der Waals surface area (Å²) in [4.78, 5) is 42.6. The highest BCUT2D eigenvalue weighted by molar-refractivity contribution is 5.80. The Labute approximate surface area is 189 Å². The number of hydrogen-bond acceptors (Lipinski definition) is 4. The molecule has 8 heteroatoms. The van der Waals surface area contributed by atoms with Gasteiger partial charge in [0.15, 0.2) is 11.2 Å². The predicted molar refractivity (Wildman–Crippen MR) is 127 cm³/mol. The lowest BCUT2D eigenvalue weighted by atomic mass is 10.1. The van der Waals surface area contributed by atoms with E-state index >= 15 is 0 Å². The molecule has 5 aromatic rings. The van der Waals surface area contributed by atoms with Gasteiger partial charge in [-0.25, -0.2) is 4.79 Å². The lowest BCUT2D eigenvalue weighted by Gasteiger charge is -2.13. The quantitative estimate of drug-likeness (QED) is 0.420. The van der Waals surface area contributed by atoms with Gasteiger partial charge in [-0.1, -0.05) is 55.5 Å². The fourth-order valence-corrected chi connectivity index (χ4v) is 4.34. The number of imidazole rings is 2. The molecule has 8 nitrogen and oxygen atoms in total. The molecule has 3 heterocycles. The van der Waals surface area contributed by atoms with E-state index in [1.54, 1.807) is 11.4 Å². The Bertz CT molecular complexity index is 1650. The molecule has 0 spiro atoms. The SMILES string of the molecule is CCc1ccccc1-n1c(-c2ccccc2)cn2c3c(=O)n(CC(C)=O)c(=O)n(C)c3nc12. The maximum Gasteiger partial charge on any atom is 0.332 e. The molecule has 0 amide bonds. The Morgan fingerprint density at radius 1 is 1.00 bits per heavy atom. The Balaban J connectivity index is 1.96. The third-order valence-corrected chi connectivity index (χ3v) is 5.91. The molecule has 5 rings (SSSR count). The van der Waals surface area contributed by atoms with E-state index in [9.17, 15) is 14.4 Å². The lowest BCUT2D eigenvalue weighted by molar-refractivity contribution is -0.117. The summed E-state index contributed by atoms with van der Waals surface area (Å²) in [6.45, 7) is 3.17. The molecule has 3 aromatic heterocycles. The van der Waals surface area contributed by atoms with Crippen LogP contribution in [0.15, 0.2) is 70.4 Å². The van der Waals surface area contributed by atoms with E-state index in [2.05, 4.69) is 13.0 Å². The van der Waals surface area contributed by atoms with E-state index in [4.69, 9.17) is 4.98 Å². The van der Waals surface area contributed by atoms with Crippen LogP contribution in [0.4, 0.5) is 0 Å². The van der Waals surface area contributed by atoms with Gasteiger partial charge in [-0.15, -0.1) is 0 Å². The Morgan fingerprint density at radius 3 is 2.39 bits per heavy atom. The molecule has 0 bridgehead atoms. The summed E-state index contributed by atoms with van der Waals surface area (Å²) in [5.41, 5.74) is 3.37. The maximum absolute atomic E-state index is 13.4. The summed E-state index contributed by atoms with van der Waals surface area (Å²) >= 11 is 0. The summed E-state index contributed by atoms with van der Waals surface area (Å²) in [6, 6.07) is 17.9. The van der Waals surface area contributed by atoms with E-state index in [0.717, 1.165) is 33.5 Å². The standard InChI is InChI=1S/C25H23N5O3/c1-4-17-10-8-9-13-19(17)30-20(18-11-6-5-7-12-18)15-28-21-22(26-24(28)30)27(3)25(33)29(23(21)32)14-16(2)31/h5-13,15H,4,14H2,1-3H3. The highest BCUT2D eigenvalue weighted by Crippen LogP contribution is 2.30. The van der Waals surface area contributed by atoms with Gasteiger partial charge in [0.05, 0.1) is 17.9 Å². The van der Waals surface area contributed by atoms with Crippen LogP contribution in [0.2, 0.25) is 0 Å². The van der Waals surface area contributed by atoms with E-state index in [1.807, 2.05) is 59.3 Å². The molecular formula is C25H23N5O3. The summed E-state index contributed by atoms with van der Waals surface area (Å²) < 4.78 is 6.04. The Morgan fingerprint density at radius 2 is 1.70 bits per heavy atom. The smallest absolute Gasteiger partial charge is 0.298 e. The van der Waals surface area contributed by atoms with Crippen molar-refractivity contribution in [3.63, 3.8) is 0 Å². The highest BCUT2D eigenvalue weighted by atomic mass is 16.2. The Kier molecular flexibility index (Phi) is 4.85. The first-order valence-electron chi connectivity index (χ1n) is 10.8. The summed E-state index contributed by atoms with van der Waals surface area (Å²) in [7, 11) is 1.57. The van der Waals surface area contributed by atoms with E-state index in [1.165, 1.54) is 11.5 Å². The minimum atomic E-state index is -0.563. The Hall–Kier alpha value is -4.20. The fraction of sp³-hybridized carbons (Fsp3) is 0.200. The second kappa shape index (κ2) is 7.74. The second-order valence-corrected chi connectivity index (χ2v) is 8.09. The number of ketones is 1. The van der Waals surface area contributed by atoms with Crippen LogP contribution in [0.3, 0.4) is 0 Å². The van der Waals surface area contributed by atoms with Gasteiger partial charge in [0.2, 0.25) is 5.78 Å². The first-order chi connectivity index (χ1) is 15.9. The minimum Gasteiger partial charge on any atom is -0.298 e. The number of rotatable bonds is 5. The number of fused-ring (bicyclic) bond motifs is 3. The van der Waals surface area contributed by atoms with Crippen LogP contribution in [0.25, 0.3) is 33.9 Å². The third kappa shape index (κ3) is 3.14. The number of carbonyl (C=O) groups is 1. The molecule has 0 saturated carbocycles. The number of aromatic nitrogens is 5. The molecule has 0 aliphatic rings. The zero-order valence-corrected chi connectivity index (χ0v) is 18.6. The molecule has 0 aliphatic heterocycles. The molecule has 2 aromatic carbocycles.